The molecule has 0 aliphatic carbocycles. The number of rotatable bonds is 3. The van der Waals surface area contributed by atoms with Gasteiger partial charge in [-0.2, -0.15) is 5.10 Å². The quantitative estimate of drug-likeness (QED) is 0.799. The molecule has 0 bridgehead atoms. The number of hydrogen-bond acceptors (Lipinski definition) is 2. The highest BCUT2D eigenvalue weighted by atomic mass is 16.3. The van der Waals surface area contributed by atoms with Crippen LogP contribution in [0.5, 0.6) is 0 Å². The number of aromatic nitrogens is 2. The number of benzene rings is 1. The number of aliphatic hydroxyl groups excluding tert-OH is 1. The molecule has 0 radical (unpaired) electrons. The van der Waals surface area contributed by atoms with Crippen molar-refractivity contribution in [1.82, 2.24) is 10.2 Å². The molecule has 0 fully saturated rings. The van der Waals surface area contributed by atoms with Gasteiger partial charge in [0.2, 0.25) is 0 Å². The van der Waals surface area contributed by atoms with E-state index in [1.807, 2.05) is 36.4 Å². The highest BCUT2D eigenvalue weighted by Crippen LogP contribution is 2.17. The van der Waals surface area contributed by atoms with E-state index in [2.05, 4.69) is 10.2 Å². The fraction of sp³-hybridized carbons (Fsp3) is 0.250. The van der Waals surface area contributed by atoms with Gasteiger partial charge in [0.15, 0.2) is 0 Å². The molecule has 2 N–H and O–H groups in total. The normalized spacial score (nSPS) is 12.7. The standard InChI is InChI=1S/C12H14N2O/c1-9(15)7-11-8-12(14-13-11)10-5-3-2-4-6-10/h2-6,8-9,15H,7H2,1H3,(H,13,14)/t9-/m0/s1. The summed E-state index contributed by atoms with van der Waals surface area (Å²) in [4.78, 5) is 0. The number of aliphatic hydroxyl groups is 1. The van der Waals surface area contributed by atoms with Gasteiger partial charge in [-0.25, -0.2) is 0 Å². The first kappa shape index (κ1) is 9.93. The summed E-state index contributed by atoms with van der Waals surface area (Å²) in [6, 6.07) is 12.0. The molecule has 0 unspecified atom stereocenters. The third kappa shape index (κ3) is 2.44. The van der Waals surface area contributed by atoms with Crippen molar-refractivity contribution in [3.8, 4) is 11.3 Å². The van der Waals surface area contributed by atoms with Crippen LogP contribution in [0.2, 0.25) is 0 Å². The third-order valence-electron chi connectivity index (χ3n) is 2.22. The van der Waals surface area contributed by atoms with E-state index in [1.165, 1.54) is 0 Å². The maximum Gasteiger partial charge on any atom is 0.0923 e. The van der Waals surface area contributed by atoms with Gasteiger partial charge in [0.05, 0.1) is 11.8 Å². The summed E-state index contributed by atoms with van der Waals surface area (Å²) in [7, 11) is 0. The van der Waals surface area contributed by atoms with E-state index in [0.717, 1.165) is 17.0 Å². The smallest absolute Gasteiger partial charge is 0.0923 e. The summed E-state index contributed by atoms with van der Waals surface area (Å²) < 4.78 is 0. The Morgan fingerprint density at radius 1 is 1.33 bits per heavy atom. The molecule has 0 spiro atoms. The molecule has 15 heavy (non-hydrogen) atoms. The molecule has 0 saturated heterocycles. The van der Waals surface area contributed by atoms with Crippen molar-refractivity contribution in [3.63, 3.8) is 0 Å². The zero-order valence-electron chi connectivity index (χ0n) is 8.64. The summed E-state index contributed by atoms with van der Waals surface area (Å²) in [5.41, 5.74) is 2.97. The number of aromatic amines is 1. The molecule has 78 valence electrons. The summed E-state index contributed by atoms with van der Waals surface area (Å²) in [5.74, 6) is 0. The maximum absolute atomic E-state index is 9.24. The van der Waals surface area contributed by atoms with Crippen molar-refractivity contribution in [3.05, 3.63) is 42.1 Å². The Bertz CT molecular complexity index is 420. The molecule has 0 aliphatic heterocycles. The van der Waals surface area contributed by atoms with Crippen LogP contribution in [0.3, 0.4) is 0 Å². The second-order valence-electron chi connectivity index (χ2n) is 3.70. The van der Waals surface area contributed by atoms with Crippen LogP contribution in [0, 0.1) is 0 Å². The minimum atomic E-state index is -0.339. The average Bonchev–Trinajstić information content (AvgIpc) is 2.67. The van der Waals surface area contributed by atoms with E-state index in [0.29, 0.717) is 6.42 Å². The lowest BCUT2D eigenvalue weighted by Gasteiger charge is -1.98. The molecule has 1 atom stereocenters. The Kier molecular flexibility index (Phi) is 2.83. The second-order valence-corrected chi connectivity index (χ2v) is 3.70. The minimum Gasteiger partial charge on any atom is -0.393 e. The van der Waals surface area contributed by atoms with Crippen molar-refractivity contribution in [2.24, 2.45) is 0 Å². The van der Waals surface area contributed by atoms with Crippen LogP contribution >= 0.6 is 0 Å². The Hall–Kier alpha value is -1.61. The SMILES string of the molecule is C[C@H](O)Cc1cc(-c2ccccc2)n[nH]1. The summed E-state index contributed by atoms with van der Waals surface area (Å²) in [5, 5.41) is 16.4. The van der Waals surface area contributed by atoms with Crippen LogP contribution in [-0.4, -0.2) is 21.4 Å². The van der Waals surface area contributed by atoms with E-state index >= 15 is 0 Å². The number of nitrogens with one attached hydrogen (secondary N) is 1. The fourth-order valence-corrected chi connectivity index (χ4v) is 1.54. The zero-order chi connectivity index (χ0) is 10.7. The van der Waals surface area contributed by atoms with Gasteiger partial charge in [-0.3, -0.25) is 5.10 Å². The molecule has 0 aliphatic rings. The number of hydrogen-bond donors (Lipinski definition) is 2. The van der Waals surface area contributed by atoms with Crippen molar-refractivity contribution in [2.45, 2.75) is 19.4 Å². The predicted molar refractivity (Wildman–Crippen MR) is 59.4 cm³/mol. The van der Waals surface area contributed by atoms with Crippen molar-refractivity contribution in [2.75, 3.05) is 0 Å². The van der Waals surface area contributed by atoms with Gasteiger partial charge in [0.1, 0.15) is 0 Å². The molecular formula is C12H14N2O. The molecule has 1 aromatic heterocycles. The fourth-order valence-electron chi connectivity index (χ4n) is 1.54. The molecule has 0 amide bonds. The Labute approximate surface area is 88.8 Å². The van der Waals surface area contributed by atoms with Gasteiger partial charge in [0, 0.05) is 17.7 Å². The molecular weight excluding hydrogens is 188 g/mol. The molecule has 3 heteroatoms. The highest BCUT2D eigenvalue weighted by Gasteiger charge is 2.05. The van der Waals surface area contributed by atoms with Crippen LogP contribution in [0.4, 0.5) is 0 Å². The minimum absolute atomic E-state index is 0.339. The molecule has 3 nitrogen and oxygen atoms in total. The molecule has 2 aromatic rings. The van der Waals surface area contributed by atoms with E-state index < -0.39 is 0 Å². The second kappa shape index (κ2) is 4.28. The Morgan fingerprint density at radius 2 is 2.07 bits per heavy atom. The van der Waals surface area contributed by atoms with E-state index in [4.69, 9.17) is 0 Å². The Morgan fingerprint density at radius 3 is 2.73 bits per heavy atom. The van der Waals surface area contributed by atoms with Gasteiger partial charge >= 0.3 is 0 Å². The first-order valence-electron chi connectivity index (χ1n) is 5.03. The van der Waals surface area contributed by atoms with Crippen molar-refractivity contribution in [1.29, 1.82) is 0 Å². The Balaban J connectivity index is 2.21. The average molecular weight is 202 g/mol. The van der Waals surface area contributed by atoms with Gasteiger partial charge < -0.3 is 5.11 Å². The largest absolute Gasteiger partial charge is 0.393 e. The summed E-state index contributed by atoms with van der Waals surface area (Å²) in [6.45, 7) is 1.77. The molecule has 0 saturated carbocycles. The topological polar surface area (TPSA) is 48.9 Å². The van der Waals surface area contributed by atoms with Crippen LogP contribution in [0.15, 0.2) is 36.4 Å². The lowest BCUT2D eigenvalue weighted by molar-refractivity contribution is 0.194. The lowest BCUT2D eigenvalue weighted by Crippen LogP contribution is -2.04. The third-order valence-corrected chi connectivity index (χ3v) is 2.22. The van der Waals surface area contributed by atoms with Gasteiger partial charge in [-0.05, 0) is 13.0 Å². The molecule has 1 heterocycles. The van der Waals surface area contributed by atoms with Crippen molar-refractivity contribution >= 4 is 0 Å². The van der Waals surface area contributed by atoms with Crippen LogP contribution in [-0.2, 0) is 6.42 Å². The summed E-state index contributed by atoms with van der Waals surface area (Å²) in [6.07, 6.45) is 0.272. The van der Waals surface area contributed by atoms with Crippen LogP contribution in [0.25, 0.3) is 11.3 Å². The summed E-state index contributed by atoms with van der Waals surface area (Å²) >= 11 is 0. The van der Waals surface area contributed by atoms with E-state index in [9.17, 15) is 5.11 Å². The molecule has 2 rings (SSSR count). The zero-order valence-corrected chi connectivity index (χ0v) is 8.64. The maximum atomic E-state index is 9.24. The van der Waals surface area contributed by atoms with Gasteiger partial charge in [-0.1, -0.05) is 30.3 Å². The molecule has 1 aromatic carbocycles. The highest BCUT2D eigenvalue weighted by molar-refractivity contribution is 5.58. The van der Waals surface area contributed by atoms with Crippen molar-refractivity contribution < 1.29 is 5.11 Å². The van der Waals surface area contributed by atoms with Gasteiger partial charge in [0.25, 0.3) is 0 Å². The number of nitrogens with zero attached hydrogens (tertiary/aromatic N) is 1. The monoisotopic (exact) mass is 202 g/mol. The van der Waals surface area contributed by atoms with Gasteiger partial charge in [-0.15, -0.1) is 0 Å². The van der Waals surface area contributed by atoms with E-state index in [1.54, 1.807) is 6.92 Å². The number of H-pyrrole nitrogens is 1. The predicted octanol–water partition coefficient (Wildman–Crippen LogP) is 2.00. The van der Waals surface area contributed by atoms with E-state index in [-0.39, 0.29) is 6.10 Å². The lowest BCUT2D eigenvalue weighted by atomic mass is 10.1. The van der Waals surface area contributed by atoms with Crippen LogP contribution < -0.4 is 0 Å². The first-order chi connectivity index (χ1) is 7.25. The first-order valence-corrected chi connectivity index (χ1v) is 5.03. The van der Waals surface area contributed by atoms with Crippen LogP contribution in [0.1, 0.15) is 12.6 Å².